The van der Waals surface area contributed by atoms with Crippen LogP contribution >= 0.6 is 9.39 Å². The molecule has 15 heteroatoms. The number of carbonyl (C=O) groups excluding carboxylic acids is 4. The van der Waals surface area contributed by atoms with Gasteiger partial charge in [0, 0.05) is 6.54 Å². The second-order valence-corrected chi connectivity index (χ2v) is 7.44. The molecule has 192 valence electrons. The molecule has 0 saturated heterocycles. The molecule has 0 spiro atoms. The number of hydrogen-bond donors (Lipinski definition) is 7. The molecule has 9 N–H and O–H groups in total. The molecule has 0 aliphatic carbocycles. The number of aliphatic imine (C=N–C) groups is 1. The van der Waals surface area contributed by atoms with Gasteiger partial charge in [-0.15, -0.1) is 0 Å². The van der Waals surface area contributed by atoms with Crippen LogP contribution in [0.1, 0.15) is 24.8 Å². The molecule has 0 fully saturated rings. The Hall–Kier alpha value is -3.93. The van der Waals surface area contributed by atoms with Crippen molar-refractivity contribution in [2.24, 2.45) is 16.5 Å². The van der Waals surface area contributed by atoms with E-state index in [0.29, 0.717) is 6.42 Å². The van der Waals surface area contributed by atoms with Crippen LogP contribution in [0.3, 0.4) is 0 Å². The molecule has 3 atom stereocenters. The number of carboxylic acids is 1. The van der Waals surface area contributed by atoms with Crippen LogP contribution in [0.15, 0.2) is 35.3 Å². The Balaban J connectivity index is 2.67. The van der Waals surface area contributed by atoms with Gasteiger partial charge in [-0.25, -0.2) is 9.59 Å². The summed E-state index contributed by atoms with van der Waals surface area (Å²) in [5.74, 6) is -3.71. The van der Waals surface area contributed by atoms with Gasteiger partial charge in [-0.3, -0.25) is 19.4 Å². The topological polar surface area (TPSA) is 227 Å². The van der Waals surface area contributed by atoms with E-state index >= 15 is 0 Å². The molecule has 1 aromatic rings. The molecular weight excluding hydrogens is 481 g/mol. The Bertz CT molecular complexity index is 910. The maximum Gasteiger partial charge on any atom is 0.408 e. The average Bonchev–Trinajstić information content (AvgIpc) is 2.82. The van der Waals surface area contributed by atoms with Gasteiger partial charge in [0.15, 0.2) is 5.96 Å². The molecule has 0 heterocycles. The maximum absolute atomic E-state index is 12.6. The largest absolute Gasteiger partial charge is 0.480 e. The van der Waals surface area contributed by atoms with Gasteiger partial charge in [-0.2, -0.15) is 0 Å². The molecule has 0 radical (unpaired) electrons. The number of carboxylic acid groups (broad SMARTS) is 1. The predicted octanol–water partition coefficient (Wildman–Crippen LogP) is -1.68. The van der Waals surface area contributed by atoms with E-state index in [2.05, 4.69) is 26.0 Å². The lowest BCUT2D eigenvalue weighted by Crippen LogP contribution is -2.51. The predicted molar refractivity (Wildman–Crippen MR) is 129 cm³/mol. The average molecular weight is 511 g/mol. The summed E-state index contributed by atoms with van der Waals surface area (Å²) in [6.07, 6.45) is -0.904. The summed E-state index contributed by atoms with van der Waals surface area (Å²) < 4.78 is 5.12. The molecule has 0 saturated carbocycles. The van der Waals surface area contributed by atoms with Crippen LogP contribution in [0.4, 0.5) is 4.79 Å². The number of ether oxygens (including phenoxy) is 1. The number of nitrogens with one attached hydrogen (secondary N) is 4. The summed E-state index contributed by atoms with van der Waals surface area (Å²) >= 11 is 0. The first-order valence-electron chi connectivity index (χ1n) is 10.4. The minimum absolute atomic E-state index is 0.0160. The summed E-state index contributed by atoms with van der Waals surface area (Å²) in [5, 5.41) is 18.2. The van der Waals surface area contributed by atoms with Crippen molar-refractivity contribution in [3.8, 4) is 0 Å². The van der Waals surface area contributed by atoms with E-state index in [-0.39, 0.29) is 25.5 Å². The molecule has 4 amide bonds. The fourth-order valence-corrected chi connectivity index (χ4v) is 2.78. The highest BCUT2D eigenvalue weighted by atomic mass is 31.0. The number of hydrogen-bond acceptors (Lipinski definition) is 7. The number of aliphatic carboxylic acids is 1. The van der Waals surface area contributed by atoms with E-state index in [0.717, 1.165) is 5.56 Å². The first-order valence-corrected chi connectivity index (χ1v) is 11.0. The van der Waals surface area contributed by atoms with Gasteiger partial charge in [0.2, 0.25) is 17.7 Å². The second-order valence-electron chi connectivity index (χ2n) is 7.16. The summed E-state index contributed by atoms with van der Waals surface area (Å²) in [6, 6.07) is 6.33. The molecule has 35 heavy (non-hydrogen) atoms. The minimum atomic E-state index is -1.48. The normalized spacial score (nSPS) is 11.8. The van der Waals surface area contributed by atoms with Crippen LogP contribution < -0.4 is 32.5 Å². The van der Waals surface area contributed by atoms with Gasteiger partial charge in [-0.05, 0) is 27.8 Å². The number of alkyl carbamates (subject to hydrolysis) is 1. The summed E-state index contributed by atoms with van der Waals surface area (Å²) in [6.45, 7) is -0.403. The van der Waals surface area contributed by atoms with Gasteiger partial charge in [0.25, 0.3) is 0 Å². The van der Waals surface area contributed by atoms with Crippen molar-refractivity contribution in [2.75, 3.05) is 13.1 Å². The summed E-state index contributed by atoms with van der Waals surface area (Å²) in [7, 11) is 1.93. The van der Waals surface area contributed by atoms with E-state index in [9.17, 15) is 24.0 Å². The van der Waals surface area contributed by atoms with E-state index in [1.54, 1.807) is 24.3 Å². The maximum atomic E-state index is 12.6. The van der Waals surface area contributed by atoms with Crippen molar-refractivity contribution in [3.63, 3.8) is 0 Å². The standard InChI is InChI=1S/C20H30N7O7P/c21-19(22)23-8-4-7-13(26-20(33)34-11-12-5-2-1-3-6-12)17(30)24-10-16(29)25-14(18(31)32)9-15(28)27-35/h1-3,5-6,13-14H,4,7-11,35H2,(H,24,30)(H,25,29)(H,26,33)(H,27,28)(H,31,32)(H4,21,22,23). The molecule has 0 aliphatic heterocycles. The molecular formula is C20H30N7O7P. The van der Waals surface area contributed by atoms with E-state index in [1.807, 2.05) is 15.5 Å². The molecule has 0 aromatic heterocycles. The first kappa shape index (κ1) is 29.1. The van der Waals surface area contributed by atoms with Gasteiger partial charge in [-0.1, -0.05) is 30.3 Å². The van der Waals surface area contributed by atoms with Gasteiger partial charge in [0.05, 0.1) is 13.0 Å². The Kier molecular flexibility index (Phi) is 13.2. The van der Waals surface area contributed by atoms with Crippen LogP contribution in [0.2, 0.25) is 0 Å². The fourth-order valence-electron chi connectivity index (χ4n) is 2.66. The molecule has 3 unspecified atom stereocenters. The Morgan fingerprint density at radius 2 is 1.71 bits per heavy atom. The molecule has 14 nitrogen and oxygen atoms in total. The number of rotatable bonds is 14. The first-order chi connectivity index (χ1) is 16.6. The van der Waals surface area contributed by atoms with Crippen LogP contribution in [0.5, 0.6) is 0 Å². The number of guanidine groups is 1. The highest BCUT2D eigenvalue weighted by Gasteiger charge is 2.25. The zero-order chi connectivity index (χ0) is 26.2. The van der Waals surface area contributed by atoms with E-state index in [4.69, 9.17) is 21.3 Å². The Morgan fingerprint density at radius 3 is 2.31 bits per heavy atom. The second kappa shape index (κ2) is 15.8. The van der Waals surface area contributed by atoms with Crippen molar-refractivity contribution < 1.29 is 33.8 Å². The highest BCUT2D eigenvalue weighted by Crippen LogP contribution is 2.03. The minimum Gasteiger partial charge on any atom is -0.480 e. The molecule has 0 aliphatic rings. The van der Waals surface area contributed by atoms with Gasteiger partial charge in [0.1, 0.15) is 18.7 Å². The van der Waals surface area contributed by atoms with Crippen molar-refractivity contribution in [3.05, 3.63) is 35.9 Å². The van der Waals surface area contributed by atoms with Crippen molar-refractivity contribution in [2.45, 2.75) is 38.0 Å². The Morgan fingerprint density at radius 1 is 1.03 bits per heavy atom. The van der Waals surface area contributed by atoms with Gasteiger partial charge >= 0.3 is 12.1 Å². The van der Waals surface area contributed by atoms with Crippen LogP contribution in [0.25, 0.3) is 0 Å². The molecule has 1 aromatic carbocycles. The van der Waals surface area contributed by atoms with Crippen LogP contribution in [-0.4, -0.2) is 66.0 Å². The third kappa shape index (κ3) is 12.8. The number of nitrogens with zero attached hydrogens (tertiary/aromatic N) is 1. The number of carbonyl (C=O) groups is 5. The van der Waals surface area contributed by atoms with E-state index < -0.39 is 54.8 Å². The van der Waals surface area contributed by atoms with Crippen LogP contribution in [-0.2, 0) is 30.5 Å². The number of amides is 4. The lowest BCUT2D eigenvalue weighted by atomic mass is 10.1. The van der Waals surface area contributed by atoms with Crippen LogP contribution in [0, 0.1) is 0 Å². The lowest BCUT2D eigenvalue weighted by Gasteiger charge is -2.19. The highest BCUT2D eigenvalue weighted by molar-refractivity contribution is 7.15. The monoisotopic (exact) mass is 511 g/mol. The number of nitrogens with two attached hydrogens (primary N) is 2. The zero-order valence-electron chi connectivity index (χ0n) is 18.9. The fraction of sp³-hybridized carbons (Fsp3) is 0.400. The lowest BCUT2D eigenvalue weighted by molar-refractivity contribution is -0.143. The number of benzene rings is 1. The molecule has 0 bridgehead atoms. The summed E-state index contributed by atoms with van der Waals surface area (Å²) in [5.41, 5.74) is 11.3. The Labute approximate surface area is 203 Å². The zero-order valence-corrected chi connectivity index (χ0v) is 20.0. The third-order valence-corrected chi connectivity index (χ3v) is 4.70. The van der Waals surface area contributed by atoms with Crippen molar-refractivity contribution in [1.29, 1.82) is 0 Å². The van der Waals surface area contributed by atoms with Crippen molar-refractivity contribution >= 4 is 45.1 Å². The van der Waals surface area contributed by atoms with Crippen molar-refractivity contribution in [1.82, 2.24) is 21.0 Å². The molecule has 1 rings (SSSR count). The van der Waals surface area contributed by atoms with Gasteiger partial charge < -0.3 is 42.3 Å². The smallest absolute Gasteiger partial charge is 0.408 e. The third-order valence-electron chi connectivity index (χ3n) is 4.37. The SMILES string of the molecule is NC(N)=NCCCC(NC(=O)OCc1ccccc1)C(=O)NCC(=O)NC(CC(=O)NP)C(=O)O. The summed E-state index contributed by atoms with van der Waals surface area (Å²) in [4.78, 5) is 63.3. The quantitative estimate of drug-likeness (QED) is 0.0654. The van der Waals surface area contributed by atoms with E-state index in [1.165, 1.54) is 0 Å².